The van der Waals surface area contributed by atoms with Crippen molar-refractivity contribution in [2.45, 2.75) is 35.0 Å². The normalized spacial score (nSPS) is 15.9. The topological polar surface area (TPSA) is 97.2 Å². The number of aryl methyl sites for hydroxylation is 1. The van der Waals surface area contributed by atoms with Gasteiger partial charge < -0.3 is 9.84 Å². The van der Waals surface area contributed by atoms with Gasteiger partial charge in [-0.3, -0.25) is 9.78 Å². The van der Waals surface area contributed by atoms with Gasteiger partial charge in [0, 0.05) is 23.0 Å². The molecule has 150 valence electrons. The molecular weight excluding hydrogens is 390 g/mol. The van der Waals surface area contributed by atoms with Gasteiger partial charge in [0.25, 0.3) is 0 Å². The minimum atomic E-state index is -0.891. The summed E-state index contributed by atoms with van der Waals surface area (Å²) < 4.78 is 6.71. The first-order valence-corrected chi connectivity index (χ1v) is 10.2. The lowest BCUT2D eigenvalue weighted by atomic mass is 9.74. The Morgan fingerprint density at radius 3 is 2.52 bits per heavy atom. The number of aromatic amines is 1. The second kappa shape index (κ2) is 7.88. The van der Waals surface area contributed by atoms with Crippen LogP contribution >= 0.6 is 11.8 Å². The minimum absolute atomic E-state index is 0.272. The van der Waals surface area contributed by atoms with E-state index >= 15 is 0 Å². The van der Waals surface area contributed by atoms with Crippen molar-refractivity contribution in [1.29, 1.82) is 0 Å². The van der Waals surface area contributed by atoms with Crippen LogP contribution in [-0.4, -0.2) is 39.1 Å². The number of hydrogen-bond acceptors (Lipinski definition) is 5. The summed E-state index contributed by atoms with van der Waals surface area (Å²) in [5, 5.41) is 14.0. The Hall–Kier alpha value is -2.84. The summed E-state index contributed by atoms with van der Waals surface area (Å²) in [6.45, 7) is 2.64. The van der Waals surface area contributed by atoms with Crippen LogP contribution in [0.4, 0.5) is 0 Å². The largest absolute Gasteiger partial charge is 0.481 e. The van der Waals surface area contributed by atoms with Crippen LogP contribution in [0.1, 0.15) is 24.2 Å². The number of aromatic nitrogens is 3. The highest BCUT2D eigenvalue weighted by molar-refractivity contribution is 7.99. The number of hydrogen-bond donors (Lipinski definition) is 2. The van der Waals surface area contributed by atoms with Crippen molar-refractivity contribution in [3.05, 3.63) is 70.4 Å². The predicted molar refractivity (Wildman–Crippen MR) is 109 cm³/mol. The number of rotatable bonds is 5. The highest BCUT2D eigenvalue weighted by Gasteiger charge is 2.41. The summed E-state index contributed by atoms with van der Waals surface area (Å²) in [7, 11) is 0. The van der Waals surface area contributed by atoms with E-state index in [0.29, 0.717) is 37.6 Å². The van der Waals surface area contributed by atoms with Gasteiger partial charge in [-0.15, -0.1) is 0 Å². The number of carbonyl (C=O) groups is 1. The molecule has 1 fully saturated rings. The molecule has 7 nitrogen and oxygen atoms in total. The molecule has 0 spiro atoms. The van der Waals surface area contributed by atoms with Crippen molar-refractivity contribution in [3.8, 4) is 5.69 Å². The number of carboxylic acid groups (broad SMARTS) is 1. The first kappa shape index (κ1) is 19.5. The van der Waals surface area contributed by atoms with Crippen molar-refractivity contribution < 1.29 is 14.6 Å². The van der Waals surface area contributed by atoms with Crippen LogP contribution in [0.5, 0.6) is 0 Å². The standard InChI is InChI=1S/C21H21N3O4S/c1-14-22-20(27)24(23-14)16-5-7-17(8-6-16)29-18-4-2-3-15(13-18)21(19(25)26)9-11-28-12-10-21/h2-8,13H,9-12H2,1H3,(H,25,26)(H,22,23,27). The monoisotopic (exact) mass is 411 g/mol. The third-order valence-electron chi connectivity index (χ3n) is 5.19. The van der Waals surface area contributed by atoms with Crippen LogP contribution in [-0.2, 0) is 14.9 Å². The van der Waals surface area contributed by atoms with Gasteiger partial charge in [0.15, 0.2) is 0 Å². The zero-order valence-corrected chi connectivity index (χ0v) is 16.7. The maximum atomic E-state index is 12.0. The molecule has 1 aliphatic rings. The van der Waals surface area contributed by atoms with E-state index in [1.54, 1.807) is 18.7 Å². The van der Waals surface area contributed by atoms with Crippen LogP contribution in [0, 0.1) is 6.92 Å². The number of benzene rings is 2. The molecule has 0 unspecified atom stereocenters. The van der Waals surface area contributed by atoms with E-state index in [1.165, 1.54) is 4.68 Å². The minimum Gasteiger partial charge on any atom is -0.481 e. The van der Waals surface area contributed by atoms with Gasteiger partial charge in [-0.2, -0.15) is 9.78 Å². The van der Waals surface area contributed by atoms with E-state index < -0.39 is 11.4 Å². The summed E-state index contributed by atoms with van der Waals surface area (Å²) in [4.78, 5) is 28.5. The fourth-order valence-corrected chi connectivity index (χ4v) is 4.47. The van der Waals surface area contributed by atoms with E-state index in [2.05, 4.69) is 10.1 Å². The van der Waals surface area contributed by atoms with Crippen molar-refractivity contribution >= 4 is 17.7 Å². The number of aliphatic carboxylic acids is 1. The summed E-state index contributed by atoms with van der Waals surface area (Å²) in [6.07, 6.45) is 0.950. The van der Waals surface area contributed by atoms with E-state index in [4.69, 9.17) is 4.74 Å². The van der Waals surface area contributed by atoms with Crippen molar-refractivity contribution in [2.75, 3.05) is 13.2 Å². The number of carboxylic acids is 1. The van der Waals surface area contributed by atoms with Crippen LogP contribution in [0.15, 0.2) is 63.1 Å². The van der Waals surface area contributed by atoms with Crippen LogP contribution in [0.3, 0.4) is 0 Å². The molecule has 0 atom stereocenters. The molecule has 0 amide bonds. The Kier molecular flexibility index (Phi) is 5.29. The molecule has 1 aromatic heterocycles. The Morgan fingerprint density at radius 2 is 1.90 bits per heavy atom. The molecule has 0 radical (unpaired) electrons. The molecule has 3 aromatic rings. The van der Waals surface area contributed by atoms with Gasteiger partial charge in [0.2, 0.25) is 0 Å². The summed E-state index contributed by atoms with van der Waals surface area (Å²) in [5.74, 6) is -0.238. The number of nitrogens with one attached hydrogen (secondary N) is 1. The second-order valence-electron chi connectivity index (χ2n) is 7.05. The third kappa shape index (κ3) is 3.86. The SMILES string of the molecule is Cc1nn(-c2ccc(Sc3cccc(C4(C(=O)O)CCOCC4)c3)cc2)c(=O)[nH]1. The number of H-pyrrole nitrogens is 1. The van der Waals surface area contributed by atoms with E-state index in [1.807, 2.05) is 48.5 Å². The highest BCUT2D eigenvalue weighted by Crippen LogP contribution is 2.38. The fourth-order valence-electron chi connectivity index (χ4n) is 3.60. The molecule has 0 bridgehead atoms. The molecule has 0 saturated carbocycles. The molecular formula is C21H21N3O4S. The van der Waals surface area contributed by atoms with Gasteiger partial charge in [-0.1, -0.05) is 23.9 Å². The third-order valence-corrected chi connectivity index (χ3v) is 6.19. The maximum Gasteiger partial charge on any atom is 0.348 e. The molecule has 1 aliphatic heterocycles. The second-order valence-corrected chi connectivity index (χ2v) is 8.20. The summed E-state index contributed by atoms with van der Waals surface area (Å²) in [5.41, 5.74) is 0.335. The molecule has 29 heavy (non-hydrogen) atoms. The molecule has 4 rings (SSSR count). The molecule has 2 heterocycles. The number of nitrogens with zero attached hydrogens (tertiary/aromatic N) is 2. The lowest BCUT2D eigenvalue weighted by molar-refractivity contribution is -0.147. The van der Waals surface area contributed by atoms with Gasteiger partial charge in [0.05, 0.1) is 11.1 Å². The van der Waals surface area contributed by atoms with E-state index in [0.717, 1.165) is 15.4 Å². The summed E-state index contributed by atoms with van der Waals surface area (Å²) in [6, 6.07) is 15.2. The average Bonchev–Trinajstić information content (AvgIpc) is 3.07. The van der Waals surface area contributed by atoms with E-state index in [-0.39, 0.29) is 5.69 Å². The molecule has 0 aliphatic carbocycles. The quantitative estimate of drug-likeness (QED) is 0.669. The highest BCUT2D eigenvalue weighted by atomic mass is 32.2. The fraction of sp³-hybridized carbons (Fsp3) is 0.286. The Balaban J connectivity index is 1.57. The van der Waals surface area contributed by atoms with E-state index in [9.17, 15) is 14.7 Å². The van der Waals surface area contributed by atoms with Gasteiger partial charge >= 0.3 is 11.7 Å². The van der Waals surface area contributed by atoms with Gasteiger partial charge in [0.1, 0.15) is 5.82 Å². The molecule has 1 saturated heterocycles. The smallest absolute Gasteiger partial charge is 0.348 e. The van der Waals surface area contributed by atoms with Crippen molar-refractivity contribution in [3.63, 3.8) is 0 Å². The lowest BCUT2D eigenvalue weighted by Crippen LogP contribution is -2.41. The molecule has 2 N–H and O–H groups in total. The van der Waals surface area contributed by atoms with Crippen molar-refractivity contribution in [1.82, 2.24) is 14.8 Å². The Labute approximate surface area is 171 Å². The van der Waals surface area contributed by atoms with Gasteiger partial charge in [-0.25, -0.2) is 4.79 Å². The predicted octanol–water partition coefficient (Wildman–Crippen LogP) is 3.15. The molecule has 8 heteroatoms. The summed E-state index contributed by atoms with van der Waals surface area (Å²) >= 11 is 1.55. The maximum absolute atomic E-state index is 12.0. The lowest BCUT2D eigenvalue weighted by Gasteiger charge is -2.33. The van der Waals surface area contributed by atoms with Crippen LogP contribution < -0.4 is 5.69 Å². The molecule has 2 aromatic carbocycles. The Morgan fingerprint density at radius 1 is 1.17 bits per heavy atom. The van der Waals surface area contributed by atoms with Gasteiger partial charge in [-0.05, 0) is 61.7 Å². The average molecular weight is 411 g/mol. The van der Waals surface area contributed by atoms with Crippen LogP contribution in [0.2, 0.25) is 0 Å². The zero-order chi connectivity index (χ0) is 20.4. The first-order chi connectivity index (χ1) is 14.0. The van der Waals surface area contributed by atoms with Crippen LogP contribution in [0.25, 0.3) is 5.69 Å². The first-order valence-electron chi connectivity index (χ1n) is 9.34. The van der Waals surface area contributed by atoms with Crippen molar-refractivity contribution in [2.24, 2.45) is 0 Å². The zero-order valence-electron chi connectivity index (χ0n) is 15.9. The Bertz CT molecular complexity index is 1080. The number of ether oxygens (including phenoxy) is 1.